The first-order valence-electron chi connectivity index (χ1n) is 7.16. The molecule has 4 heteroatoms. The lowest BCUT2D eigenvalue weighted by Crippen LogP contribution is -2.16. The molecule has 0 saturated heterocycles. The van der Waals surface area contributed by atoms with E-state index in [1.807, 2.05) is 13.8 Å². The van der Waals surface area contributed by atoms with Gasteiger partial charge in [-0.2, -0.15) is 0 Å². The molecule has 0 amide bonds. The van der Waals surface area contributed by atoms with Gasteiger partial charge in [0, 0.05) is 12.1 Å². The van der Waals surface area contributed by atoms with E-state index in [1.165, 1.54) is 31.9 Å². The van der Waals surface area contributed by atoms with E-state index in [0.29, 0.717) is 11.6 Å². The van der Waals surface area contributed by atoms with Crippen LogP contribution >= 0.6 is 0 Å². The van der Waals surface area contributed by atoms with Crippen LogP contribution in [0.25, 0.3) is 0 Å². The molecule has 1 aromatic rings. The smallest absolute Gasteiger partial charge is 0.339 e. The minimum Gasteiger partial charge on any atom is -0.478 e. The third kappa shape index (κ3) is 2.13. The first-order valence-corrected chi connectivity index (χ1v) is 7.16. The second kappa shape index (κ2) is 4.58. The van der Waals surface area contributed by atoms with Gasteiger partial charge in [-0.15, -0.1) is 0 Å². The van der Waals surface area contributed by atoms with Gasteiger partial charge in [0.05, 0.1) is 11.3 Å². The van der Waals surface area contributed by atoms with Crippen molar-refractivity contribution in [1.29, 1.82) is 0 Å². The number of carboxylic acid groups (broad SMARTS) is 1. The Kier molecular flexibility index (Phi) is 3.03. The van der Waals surface area contributed by atoms with E-state index in [0.717, 1.165) is 17.7 Å². The Morgan fingerprint density at radius 3 is 2.68 bits per heavy atom. The van der Waals surface area contributed by atoms with Crippen molar-refractivity contribution in [3.8, 4) is 0 Å². The van der Waals surface area contributed by atoms with E-state index < -0.39 is 5.97 Å². The third-order valence-corrected chi connectivity index (χ3v) is 4.68. The second-order valence-corrected chi connectivity index (χ2v) is 6.27. The van der Waals surface area contributed by atoms with Crippen molar-refractivity contribution in [3.63, 3.8) is 0 Å². The highest BCUT2D eigenvalue weighted by Crippen LogP contribution is 2.52. The van der Waals surface area contributed by atoms with Crippen LogP contribution in [0.2, 0.25) is 0 Å². The molecular weight excluding hydrogens is 240 g/mol. The maximum absolute atomic E-state index is 11.2. The summed E-state index contributed by atoms with van der Waals surface area (Å²) in [5, 5.41) is 9.20. The van der Waals surface area contributed by atoms with Gasteiger partial charge in [-0.25, -0.2) is 14.8 Å². The first-order chi connectivity index (χ1) is 9.06. The quantitative estimate of drug-likeness (QED) is 0.906. The SMILES string of the molecule is CC(C)c1nc(C2CC3CCC2C3)ncc1C(=O)O. The molecular formula is C15H20N2O2. The molecule has 2 fully saturated rings. The fraction of sp³-hybridized carbons (Fsp3) is 0.667. The summed E-state index contributed by atoms with van der Waals surface area (Å²) >= 11 is 0. The Morgan fingerprint density at radius 2 is 2.16 bits per heavy atom. The number of carbonyl (C=O) groups is 1. The number of nitrogens with zero attached hydrogens (tertiary/aromatic N) is 2. The van der Waals surface area contributed by atoms with Crippen LogP contribution in [0.5, 0.6) is 0 Å². The van der Waals surface area contributed by atoms with Crippen molar-refractivity contribution in [2.75, 3.05) is 0 Å². The molecule has 0 spiro atoms. The standard InChI is InChI=1S/C15H20N2O2/c1-8(2)13-12(15(18)19)7-16-14(17-13)11-6-9-3-4-10(11)5-9/h7-11H,3-6H2,1-2H3,(H,18,19). The van der Waals surface area contributed by atoms with Crippen molar-refractivity contribution in [1.82, 2.24) is 9.97 Å². The summed E-state index contributed by atoms with van der Waals surface area (Å²) < 4.78 is 0. The molecule has 2 saturated carbocycles. The van der Waals surface area contributed by atoms with Crippen molar-refractivity contribution in [2.45, 2.75) is 51.4 Å². The van der Waals surface area contributed by atoms with Crippen molar-refractivity contribution in [2.24, 2.45) is 11.8 Å². The maximum Gasteiger partial charge on any atom is 0.339 e. The van der Waals surface area contributed by atoms with E-state index in [4.69, 9.17) is 0 Å². The van der Waals surface area contributed by atoms with E-state index >= 15 is 0 Å². The Morgan fingerprint density at radius 1 is 1.37 bits per heavy atom. The predicted octanol–water partition coefficient (Wildman–Crippen LogP) is 3.20. The predicted molar refractivity (Wildman–Crippen MR) is 71.3 cm³/mol. The molecule has 2 aliphatic rings. The fourth-order valence-corrected chi connectivity index (χ4v) is 3.75. The fourth-order valence-electron chi connectivity index (χ4n) is 3.75. The van der Waals surface area contributed by atoms with Gasteiger partial charge in [-0.05, 0) is 37.0 Å². The molecule has 4 nitrogen and oxygen atoms in total. The Bertz CT molecular complexity index is 513. The lowest BCUT2D eigenvalue weighted by Gasteiger charge is -2.21. The highest BCUT2D eigenvalue weighted by atomic mass is 16.4. The lowest BCUT2D eigenvalue weighted by atomic mass is 9.88. The lowest BCUT2D eigenvalue weighted by molar-refractivity contribution is 0.0694. The van der Waals surface area contributed by atoms with E-state index in [1.54, 1.807) is 0 Å². The number of aromatic nitrogens is 2. The van der Waals surface area contributed by atoms with Crippen LogP contribution in [-0.4, -0.2) is 21.0 Å². The van der Waals surface area contributed by atoms with Gasteiger partial charge in [0.15, 0.2) is 0 Å². The molecule has 1 aromatic heterocycles. The molecule has 2 bridgehead atoms. The topological polar surface area (TPSA) is 63.1 Å². The number of rotatable bonds is 3. The van der Waals surface area contributed by atoms with Gasteiger partial charge in [0.25, 0.3) is 0 Å². The number of fused-ring (bicyclic) bond motifs is 2. The molecule has 3 atom stereocenters. The first kappa shape index (κ1) is 12.6. The van der Waals surface area contributed by atoms with Gasteiger partial charge in [0.1, 0.15) is 5.82 Å². The van der Waals surface area contributed by atoms with Crippen LogP contribution in [-0.2, 0) is 0 Å². The van der Waals surface area contributed by atoms with Gasteiger partial charge in [-0.1, -0.05) is 20.3 Å². The van der Waals surface area contributed by atoms with Crippen molar-refractivity contribution < 1.29 is 9.90 Å². The molecule has 19 heavy (non-hydrogen) atoms. The zero-order valence-corrected chi connectivity index (χ0v) is 11.5. The zero-order chi connectivity index (χ0) is 13.6. The Hall–Kier alpha value is -1.45. The molecule has 1 heterocycles. The number of aromatic carboxylic acids is 1. The van der Waals surface area contributed by atoms with Gasteiger partial charge < -0.3 is 5.11 Å². The maximum atomic E-state index is 11.2. The van der Waals surface area contributed by atoms with E-state index in [2.05, 4.69) is 9.97 Å². The molecule has 0 radical (unpaired) electrons. The average molecular weight is 260 g/mol. The van der Waals surface area contributed by atoms with Crippen LogP contribution in [0.15, 0.2) is 6.20 Å². The largest absolute Gasteiger partial charge is 0.478 e. The number of hydrogen-bond donors (Lipinski definition) is 1. The number of carboxylic acids is 1. The minimum atomic E-state index is -0.928. The van der Waals surface area contributed by atoms with Crippen LogP contribution in [0.4, 0.5) is 0 Å². The molecule has 0 aliphatic heterocycles. The monoisotopic (exact) mass is 260 g/mol. The van der Waals surface area contributed by atoms with Crippen LogP contribution in [0, 0.1) is 11.8 Å². The zero-order valence-electron chi connectivity index (χ0n) is 11.5. The van der Waals surface area contributed by atoms with Gasteiger partial charge >= 0.3 is 5.97 Å². The van der Waals surface area contributed by atoms with Crippen molar-refractivity contribution >= 4 is 5.97 Å². The summed E-state index contributed by atoms with van der Waals surface area (Å²) in [6.07, 6.45) is 6.65. The van der Waals surface area contributed by atoms with Crippen LogP contribution < -0.4 is 0 Å². The van der Waals surface area contributed by atoms with Gasteiger partial charge in [-0.3, -0.25) is 0 Å². The molecule has 0 aromatic carbocycles. The summed E-state index contributed by atoms with van der Waals surface area (Å²) in [6.45, 7) is 3.97. The normalized spacial score (nSPS) is 29.1. The summed E-state index contributed by atoms with van der Waals surface area (Å²) in [5.41, 5.74) is 0.933. The van der Waals surface area contributed by atoms with Crippen molar-refractivity contribution in [3.05, 3.63) is 23.3 Å². The summed E-state index contributed by atoms with van der Waals surface area (Å²) in [5.74, 6) is 2.09. The summed E-state index contributed by atoms with van der Waals surface area (Å²) in [7, 11) is 0. The van der Waals surface area contributed by atoms with E-state index in [-0.39, 0.29) is 11.5 Å². The Labute approximate surface area is 113 Å². The highest BCUT2D eigenvalue weighted by Gasteiger charge is 2.41. The van der Waals surface area contributed by atoms with Gasteiger partial charge in [0.2, 0.25) is 0 Å². The Balaban J connectivity index is 1.95. The van der Waals surface area contributed by atoms with Crippen LogP contribution in [0.1, 0.15) is 73.2 Å². The van der Waals surface area contributed by atoms with Crippen LogP contribution in [0.3, 0.4) is 0 Å². The molecule has 102 valence electrons. The summed E-state index contributed by atoms with van der Waals surface area (Å²) in [4.78, 5) is 20.2. The second-order valence-electron chi connectivity index (χ2n) is 6.27. The molecule has 1 N–H and O–H groups in total. The third-order valence-electron chi connectivity index (χ3n) is 4.68. The average Bonchev–Trinajstić information content (AvgIpc) is 3.00. The summed E-state index contributed by atoms with van der Waals surface area (Å²) in [6, 6.07) is 0. The van der Waals surface area contributed by atoms with E-state index in [9.17, 15) is 9.90 Å². The molecule has 2 aliphatic carbocycles. The minimum absolute atomic E-state index is 0.117. The highest BCUT2D eigenvalue weighted by molar-refractivity contribution is 5.88. The molecule has 3 rings (SSSR count). The number of hydrogen-bond acceptors (Lipinski definition) is 3. The molecule has 3 unspecified atom stereocenters.